The van der Waals surface area contributed by atoms with Crippen molar-refractivity contribution in [3.63, 3.8) is 0 Å². The first-order valence-corrected chi connectivity index (χ1v) is 8.44. The highest BCUT2D eigenvalue weighted by molar-refractivity contribution is 14.1. The minimum absolute atomic E-state index is 0.0542. The van der Waals surface area contributed by atoms with Gasteiger partial charge >= 0.3 is 0 Å². The number of hydrogen-bond donors (Lipinski definition) is 0. The summed E-state index contributed by atoms with van der Waals surface area (Å²) >= 11 is 2.26. The van der Waals surface area contributed by atoms with Crippen LogP contribution < -0.4 is 9.64 Å². The van der Waals surface area contributed by atoms with Gasteiger partial charge < -0.3 is 9.64 Å². The molecule has 3 nitrogen and oxygen atoms in total. The summed E-state index contributed by atoms with van der Waals surface area (Å²) in [6, 6.07) is 11.9. The molecule has 0 aliphatic carbocycles. The number of anilines is 1. The lowest BCUT2D eigenvalue weighted by Crippen LogP contribution is -2.36. The average Bonchev–Trinajstić information content (AvgIpc) is 2.55. The molecule has 0 unspecified atom stereocenters. The molecule has 0 bridgehead atoms. The quantitative estimate of drug-likeness (QED) is 0.699. The van der Waals surface area contributed by atoms with E-state index >= 15 is 0 Å². The van der Waals surface area contributed by atoms with Crippen LogP contribution in [0.15, 0.2) is 36.4 Å². The zero-order valence-electron chi connectivity index (χ0n) is 12.7. The van der Waals surface area contributed by atoms with Gasteiger partial charge in [-0.15, -0.1) is 0 Å². The van der Waals surface area contributed by atoms with Crippen molar-refractivity contribution in [2.75, 3.05) is 18.6 Å². The lowest BCUT2D eigenvalue weighted by atomic mass is 9.99. The number of fused-ring (bicyclic) bond motifs is 1. The zero-order valence-corrected chi connectivity index (χ0v) is 14.9. The first kappa shape index (κ1) is 15.3. The predicted octanol–water partition coefficient (Wildman–Crippen LogP) is 4.20. The number of nitrogens with zero attached hydrogens (tertiary/aromatic N) is 1. The van der Waals surface area contributed by atoms with E-state index in [0.717, 1.165) is 45.5 Å². The number of ether oxygens (including phenoxy) is 1. The van der Waals surface area contributed by atoms with Gasteiger partial charge in [0.2, 0.25) is 0 Å². The van der Waals surface area contributed by atoms with Gasteiger partial charge in [-0.25, -0.2) is 0 Å². The minimum atomic E-state index is 0.0542. The number of rotatable bonds is 2. The van der Waals surface area contributed by atoms with Crippen LogP contribution in [-0.4, -0.2) is 19.6 Å². The first-order valence-electron chi connectivity index (χ1n) is 7.36. The van der Waals surface area contributed by atoms with E-state index in [0.29, 0.717) is 0 Å². The van der Waals surface area contributed by atoms with Gasteiger partial charge in [0.15, 0.2) is 0 Å². The van der Waals surface area contributed by atoms with Crippen LogP contribution >= 0.6 is 22.6 Å². The van der Waals surface area contributed by atoms with E-state index in [4.69, 9.17) is 4.74 Å². The van der Waals surface area contributed by atoms with E-state index in [9.17, 15) is 4.79 Å². The van der Waals surface area contributed by atoms with Crippen molar-refractivity contribution >= 4 is 34.2 Å². The zero-order chi connectivity index (χ0) is 15.7. The van der Waals surface area contributed by atoms with Crippen LogP contribution in [-0.2, 0) is 6.42 Å². The number of aryl methyl sites for hydroxylation is 2. The van der Waals surface area contributed by atoms with E-state index < -0.39 is 0 Å². The van der Waals surface area contributed by atoms with Crippen molar-refractivity contribution in [2.24, 2.45) is 0 Å². The minimum Gasteiger partial charge on any atom is -0.495 e. The molecule has 1 amide bonds. The molecule has 3 rings (SSSR count). The average molecular weight is 407 g/mol. The van der Waals surface area contributed by atoms with Crippen molar-refractivity contribution < 1.29 is 9.53 Å². The third kappa shape index (κ3) is 2.60. The Morgan fingerprint density at radius 1 is 1.23 bits per heavy atom. The molecule has 1 heterocycles. The largest absolute Gasteiger partial charge is 0.495 e. The Bertz CT molecular complexity index is 713. The van der Waals surface area contributed by atoms with Crippen molar-refractivity contribution in [3.05, 3.63) is 56.7 Å². The fourth-order valence-corrected chi connectivity index (χ4v) is 3.53. The van der Waals surface area contributed by atoms with Crippen LogP contribution in [0.1, 0.15) is 27.9 Å². The van der Waals surface area contributed by atoms with E-state index in [1.165, 1.54) is 5.56 Å². The van der Waals surface area contributed by atoms with Gasteiger partial charge in [0.25, 0.3) is 5.91 Å². The Labute approximate surface area is 144 Å². The van der Waals surface area contributed by atoms with Gasteiger partial charge in [0.05, 0.1) is 18.4 Å². The summed E-state index contributed by atoms with van der Waals surface area (Å²) in [4.78, 5) is 14.9. The number of carbonyl (C=O) groups excluding carboxylic acids is 1. The van der Waals surface area contributed by atoms with E-state index in [1.807, 2.05) is 42.2 Å². The highest BCUT2D eigenvalue weighted by atomic mass is 127. The molecule has 0 saturated heterocycles. The molecular formula is C18H18INO2. The maximum absolute atomic E-state index is 13.1. The van der Waals surface area contributed by atoms with Gasteiger partial charge in [-0.3, -0.25) is 4.79 Å². The number of amides is 1. The van der Waals surface area contributed by atoms with Gasteiger partial charge in [0.1, 0.15) is 5.75 Å². The van der Waals surface area contributed by atoms with Gasteiger partial charge in [-0.1, -0.05) is 24.3 Å². The molecule has 2 aromatic carbocycles. The molecule has 4 heteroatoms. The van der Waals surface area contributed by atoms with E-state index in [1.54, 1.807) is 7.11 Å². The Balaban J connectivity index is 2.08. The number of para-hydroxylation sites is 1. The maximum atomic E-state index is 13.1. The Kier molecular flexibility index (Phi) is 4.38. The summed E-state index contributed by atoms with van der Waals surface area (Å²) in [5.74, 6) is 0.826. The van der Waals surface area contributed by atoms with Crippen molar-refractivity contribution in [3.8, 4) is 5.75 Å². The molecule has 1 aliphatic heterocycles. The fraction of sp³-hybridized carbons (Fsp3) is 0.278. The molecule has 2 aromatic rings. The first-order chi connectivity index (χ1) is 10.6. The van der Waals surface area contributed by atoms with E-state index in [-0.39, 0.29) is 5.91 Å². The molecule has 0 fully saturated rings. The number of hydrogen-bond acceptors (Lipinski definition) is 2. The van der Waals surface area contributed by atoms with Crippen LogP contribution in [0, 0.1) is 10.5 Å². The summed E-state index contributed by atoms with van der Waals surface area (Å²) < 4.78 is 6.51. The Morgan fingerprint density at radius 2 is 2.00 bits per heavy atom. The topological polar surface area (TPSA) is 29.5 Å². The molecule has 114 valence electrons. The van der Waals surface area contributed by atoms with E-state index in [2.05, 4.69) is 28.7 Å². The van der Waals surface area contributed by atoms with Gasteiger partial charge in [-0.2, -0.15) is 0 Å². The summed E-state index contributed by atoms with van der Waals surface area (Å²) in [5, 5.41) is 0. The molecular weight excluding hydrogens is 389 g/mol. The van der Waals surface area contributed by atoms with Crippen LogP contribution in [0.4, 0.5) is 5.69 Å². The van der Waals surface area contributed by atoms with Crippen LogP contribution in [0.5, 0.6) is 5.75 Å². The van der Waals surface area contributed by atoms with Crippen molar-refractivity contribution in [1.82, 2.24) is 0 Å². The lowest BCUT2D eigenvalue weighted by molar-refractivity contribution is 0.0983. The van der Waals surface area contributed by atoms with Gasteiger partial charge in [0, 0.05) is 10.1 Å². The summed E-state index contributed by atoms with van der Waals surface area (Å²) in [6.45, 7) is 2.76. The molecule has 0 atom stereocenters. The number of benzene rings is 2. The summed E-state index contributed by atoms with van der Waals surface area (Å²) in [7, 11) is 1.66. The molecule has 0 radical (unpaired) electrons. The number of carbonyl (C=O) groups is 1. The normalized spacial score (nSPS) is 13.7. The third-order valence-electron chi connectivity index (χ3n) is 4.07. The molecule has 22 heavy (non-hydrogen) atoms. The number of methoxy groups -OCH3 is 1. The third-order valence-corrected chi connectivity index (χ3v) is 5.50. The molecule has 0 spiro atoms. The predicted molar refractivity (Wildman–Crippen MR) is 96.9 cm³/mol. The molecule has 0 N–H and O–H groups in total. The SMILES string of the molecule is COc1cccc2c1N(C(=O)c1cccc(C)c1I)CCC2. The standard InChI is InChI=1S/C18H18INO2/c1-12-6-3-9-14(16(12)19)18(21)20-11-5-8-13-7-4-10-15(22-2)17(13)20/h3-4,6-7,9-10H,5,8,11H2,1-2H3. The highest BCUT2D eigenvalue weighted by Gasteiger charge is 2.27. The van der Waals surface area contributed by atoms with Crippen LogP contribution in [0.3, 0.4) is 0 Å². The summed E-state index contributed by atoms with van der Waals surface area (Å²) in [6.07, 6.45) is 1.97. The van der Waals surface area contributed by atoms with Crippen molar-refractivity contribution in [2.45, 2.75) is 19.8 Å². The Morgan fingerprint density at radius 3 is 2.77 bits per heavy atom. The van der Waals surface area contributed by atoms with Crippen LogP contribution in [0.2, 0.25) is 0 Å². The molecule has 1 aliphatic rings. The van der Waals surface area contributed by atoms with Crippen molar-refractivity contribution in [1.29, 1.82) is 0 Å². The lowest BCUT2D eigenvalue weighted by Gasteiger charge is -2.31. The van der Waals surface area contributed by atoms with Gasteiger partial charge in [-0.05, 0) is 65.6 Å². The summed E-state index contributed by atoms with van der Waals surface area (Å²) in [5.41, 5.74) is 4.00. The second kappa shape index (κ2) is 6.28. The van der Waals surface area contributed by atoms with Crippen LogP contribution in [0.25, 0.3) is 0 Å². The fourth-order valence-electron chi connectivity index (χ4n) is 2.94. The highest BCUT2D eigenvalue weighted by Crippen LogP contribution is 2.37. The molecule has 0 saturated carbocycles. The second-order valence-corrected chi connectivity index (χ2v) is 6.54. The number of halogens is 1. The monoisotopic (exact) mass is 407 g/mol. The smallest absolute Gasteiger partial charge is 0.259 e. The Hall–Kier alpha value is -1.56. The maximum Gasteiger partial charge on any atom is 0.259 e. The second-order valence-electron chi connectivity index (χ2n) is 5.46. The molecule has 0 aromatic heterocycles.